The third-order valence-corrected chi connectivity index (χ3v) is 13.8. The smallest absolute Gasteiger partial charge is 0.334 e. The van der Waals surface area contributed by atoms with Gasteiger partial charge in [0.2, 0.25) is 0 Å². The molecule has 0 aromatic heterocycles. The van der Waals surface area contributed by atoms with Crippen LogP contribution in [0.15, 0.2) is 0 Å². The van der Waals surface area contributed by atoms with E-state index in [0.29, 0.717) is 0 Å². The van der Waals surface area contributed by atoms with Gasteiger partial charge in [0.15, 0.2) is 0 Å². The van der Waals surface area contributed by atoms with E-state index in [-0.39, 0.29) is 0 Å². The van der Waals surface area contributed by atoms with Gasteiger partial charge in [0.1, 0.15) is 0 Å². The largest absolute Gasteiger partial charge is 0.394 e. The molecular weight excluding hydrogens is 473 g/mol. The van der Waals surface area contributed by atoms with E-state index in [1.54, 1.807) is 0 Å². The summed E-state index contributed by atoms with van der Waals surface area (Å²) in [6.45, 7) is 16.8. The first-order valence-corrected chi connectivity index (χ1v) is 20.8. The van der Waals surface area contributed by atoms with E-state index in [0.717, 1.165) is 64.2 Å². The molecule has 0 aliphatic heterocycles. The molecule has 0 aliphatic rings. The van der Waals surface area contributed by atoms with E-state index >= 15 is 0 Å². The van der Waals surface area contributed by atoms with Gasteiger partial charge in [-0.3, -0.25) is 0 Å². The Hall–Kier alpha value is 0.974. The van der Waals surface area contributed by atoms with Gasteiger partial charge in [-0.2, -0.15) is 0 Å². The first kappa shape index (κ1) is 33.0. The summed E-state index contributed by atoms with van der Waals surface area (Å²) in [7, 11) is -0.00152. The third-order valence-electron chi connectivity index (χ3n) is 5.42. The van der Waals surface area contributed by atoms with Crippen molar-refractivity contribution in [1.29, 1.82) is 0 Å². The summed E-state index contributed by atoms with van der Waals surface area (Å²) in [5, 5.41) is 0. The average Bonchev–Trinajstić information content (AvgIpc) is 2.76. The molecular formula is C24H54O4S2Si2. The molecule has 0 atom stereocenters. The molecule has 0 heterocycles. The molecule has 4 nitrogen and oxygen atoms in total. The Morgan fingerprint density at radius 1 is 0.469 bits per heavy atom. The second kappa shape index (κ2) is 22.4. The Balaban J connectivity index is 4.10. The van der Waals surface area contributed by atoms with Crippen molar-refractivity contribution in [3.63, 3.8) is 0 Å². The third kappa shape index (κ3) is 19.3. The highest BCUT2D eigenvalue weighted by Crippen LogP contribution is 2.28. The van der Waals surface area contributed by atoms with Gasteiger partial charge in [-0.25, -0.2) is 0 Å². The molecule has 0 amide bonds. The van der Waals surface area contributed by atoms with E-state index in [1.807, 2.05) is 21.6 Å². The van der Waals surface area contributed by atoms with Gasteiger partial charge in [-0.05, 0) is 63.7 Å². The van der Waals surface area contributed by atoms with Crippen LogP contribution in [0, 0.1) is 0 Å². The summed E-state index contributed by atoms with van der Waals surface area (Å²) in [5.41, 5.74) is 0. The van der Waals surface area contributed by atoms with Crippen LogP contribution in [0.3, 0.4) is 0 Å². The predicted octanol–water partition coefficient (Wildman–Crippen LogP) is 8.56. The molecule has 0 fully saturated rings. The van der Waals surface area contributed by atoms with Crippen molar-refractivity contribution < 1.29 is 17.7 Å². The van der Waals surface area contributed by atoms with Crippen molar-refractivity contribution in [2.75, 3.05) is 37.9 Å². The monoisotopic (exact) mass is 526 g/mol. The number of rotatable bonds is 25. The fourth-order valence-electron chi connectivity index (χ4n) is 3.12. The van der Waals surface area contributed by atoms with Crippen molar-refractivity contribution in [2.24, 2.45) is 0 Å². The summed E-state index contributed by atoms with van der Waals surface area (Å²) >= 11 is 0. The van der Waals surface area contributed by atoms with Crippen molar-refractivity contribution in [3.8, 4) is 0 Å². The lowest BCUT2D eigenvalue weighted by Gasteiger charge is -2.27. The van der Waals surface area contributed by atoms with E-state index < -0.39 is 17.1 Å². The lowest BCUT2D eigenvalue weighted by atomic mass is 10.4. The second-order valence-electron chi connectivity index (χ2n) is 8.93. The Bertz CT molecular complexity index is 350. The quantitative estimate of drug-likeness (QED) is 0.0673. The van der Waals surface area contributed by atoms with Gasteiger partial charge in [-0.1, -0.05) is 75.0 Å². The van der Waals surface area contributed by atoms with Crippen LogP contribution in [-0.2, 0) is 17.7 Å². The van der Waals surface area contributed by atoms with Gasteiger partial charge in [0, 0.05) is 37.9 Å². The van der Waals surface area contributed by atoms with Crippen LogP contribution >= 0.6 is 21.6 Å². The topological polar surface area (TPSA) is 36.9 Å². The molecule has 0 aromatic carbocycles. The first-order chi connectivity index (χ1) is 15.4. The number of hydrogen-bond acceptors (Lipinski definition) is 6. The zero-order valence-corrected chi connectivity index (χ0v) is 25.8. The standard InChI is InChI=1S/C24H54O4S2Si2/c1-7-11-17-25-31(5,26-18-12-8-2)23-15-21-29-30-22-16-24-32(6,27-19-13-9-3)28-20-14-10-4/h7-24H2,1-6H3. The molecule has 0 N–H and O–H groups in total. The van der Waals surface area contributed by atoms with E-state index in [4.69, 9.17) is 17.7 Å². The van der Waals surface area contributed by atoms with Gasteiger partial charge in [-0.15, -0.1) is 0 Å². The second-order valence-corrected chi connectivity index (χ2v) is 18.3. The average molecular weight is 527 g/mol. The Morgan fingerprint density at radius 2 is 0.750 bits per heavy atom. The van der Waals surface area contributed by atoms with Crippen LogP contribution in [-0.4, -0.2) is 55.1 Å². The van der Waals surface area contributed by atoms with E-state index in [2.05, 4.69) is 40.8 Å². The molecule has 0 bridgehead atoms. The zero-order chi connectivity index (χ0) is 24.0. The summed E-state index contributed by atoms with van der Waals surface area (Å²) in [6, 6.07) is 2.21. The summed E-state index contributed by atoms with van der Waals surface area (Å²) in [5.74, 6) is 2.35. The summed E-state index contributed by atoms with van der Waals surface area (Å²) < 4.78 is 25.0. The van der Waals surface area contributed by atoms with Crippen LogP contribution in [0.5, 0.6) is 0 Å². The zero-order valence-electron chi connectivity index (χ0n) is 22.2. The fraction of sp³-hybridized carbons (Fsp3) is 1.00. The molecule has 8 heteroatoms. The highest BCUT2D eigenvalue weighted by atomic mass is 33.1. The van der Waals surface area contributed by atoms with Gasteiger partial charge in [0.05, 0.1) is 0 Å². The molecule has 0 unspecified atom stereocenters. The Labute approximate surface area is 210 Å². The van der Waals surface area contributed by atoms with Gasteiger partial charge in [0.25, 0.3) is 0 Å². The fourth-order valence-corrected chi connectivity index (χ4v) is 10.5. The Morgan fingerprint density at radius 3 is 1.00 bits per heavy atom. The predicted molar refractivity (Wildman–Crippen MR) is 150 cm³/mol. The minimum atomic E-state index is -2.01. The minimum absolute atomic E-state index is 0.858. The van der Waals surface area contributed by atoms with Crippen molar-refractivity contribution in [2.45, 2.75) is 117 Å². The number of hydrogen-bond donors (Lipinski definition) is 0. The maximum Gasteiger partial charge on any atom is 0.334 e. The molecule has 0 aromatic rings. The summed E-state index contributed by atoms with van der Waals surface area (Å²) in [4.78, 5) is 0. The maximum atomic E-state index is 6.26. The Kier molecular flexibility index (Phi) is 23.1. The van der Waals surface area contributed by atoms with Gasteiger partial charge < -0.3 is 17.7 Å². The van der Waals surface area contributed by atoms with Crippen LogP contribution in [0.25, 0.3) is 0 Å². The molecule has 0 saturated heterocycles. The van der Waals surface area contributed by atoms with Crippen LogP contribution in [0.1, 0.15) is 91.9 Å². The van der Waals surface area contributed by atoms with Crippen molar-refractivity contribution >= 4 is 38.7 Å². The first-order valence-electron chi connectivity index (χ1n) is 13.3. The van der Waals surface area contributed by atoms with Crippen LogP contribution < -0.4 is 0 Å². The molecule has 0 rings (SSSR count). The maximum absolute atomic E-state index is 6.26. The van der Waals surface area contributed by atoms with Gasteiger partial charge >= 0.3 is 17.1 Å². The number of unbranched alkanes of at least 4 members (excludes halogenated alkanes) is 4. The molecule has 0 spiro atoms. The van der Waals surface area contributed by atoms with E-state index in [1.165, 1.54) is 50.0 Å². The molecule has 0 saturated carbocycles. The van der Waals surface area contributed by atoms with Crippen LogP contribution in [0.4, 0.5) is 0 Å². The van der Waals surface area contributed by atoms with E-state index in [9.17, 15) is 0 Å². The SMILES string of the molecule is CCCCO[Si](C)(CCCSSCCC[Si](C)(OCCCC)OCCCC)OCCCC. The highest BCUT2D eigenvalue weighted by molar-refractivity contribution is 8.76. The molecule has 0 aliphatic carbocycles. The molecule has 0 radical (unpaired) electrons. The molecule has 32 heavy (non-hydrogen) atoms. The van der Waals surface area contributed by atoms with Crippen molar-refractivity contribution in [1.82, 2.24) is 0 Å². The van der Waals surface area contributed by atoms with Crippen LogP contribution in [0.2, 0.25) is 25.2 Å². The van der Waals surface area contributed by atoms with Crippen molar-refractivity contribution in [3.05, 3.63) is 0 Å². The minimum Gasteiger partial charge on any atom is -0.394 e. The highest BCUT2D eigenvalue weighted by Gasteiger charge is 2.31. The normalized spacial score (nSPS) is 12.6. The summed E-state index contributed by atoms with van der Waals surface area (Å²) in [6.07, 6.45) is 11.6. The molecule has 194 valence electrons. The lowest BCUT2D eigenvalue weighted by molar-refractivity contribution is 0.168. The lowest BCUT2D eigenvalue weighted by Crippen LogP contribution is -2.39.